The first-order valence-electron chi connectivity index (χ1n) is 7.80. The lowest BCUT2D eigenvalue weighted by atomic mass is 10.1. The highest BCUT2D eigenvalue weighted by molar-refractivity contribution is 7.89. The Hall–Kier alpha value is -1.60. The lowest BCUT2D eigenvalue weighted by Gasteiger charge is -2.26. The summed E-state index contributed by atoms with van der Waals surface area (Å²) < 4.78 is 25.8. The summed E-state index contributed by atoms with van der Waals surface area (Å²) in [5, 5.41) is 0.654. The Balaban J connectivity index is 2.38. The molecule has 2 aromatic carbocycles. The third kappa shape index (κ3) is 4.20. The summed E-state index contributed by atoms with van der Waals surface area (Å²) in [5.41, 5.74) is 1.12. The van der Waals surface area contributed by atoms with Crippen LogP contribution < -0.4 is 0 Å². The minimum absolute atomic E-state index is 0.0702. The Morgan fingerprint density at radius 1 is 1.04 bits per heavy atom. The van der Waals surface area contributed by atoms with E-state index in [9.17, 15) is 13.2 Å². The summed E-state index contributed by atoms with van der Waals surface area (Å²) in [5.74, 6) is -0.315. The minimum atomic E-state index is -3.75. The molecule has 0 saturated carbocycles. The van der Waals surface area contributed by atoms with Crippen molar-refractivity contribution in [3.05, 3.63) is 63.6 Å². The van der Waals surface area contributed by atoms with Gasteiger partial charge < -0.3 is 4.90 Å². The van der Waals surface area contributed by atoms with Crippen molar-refractivity contribution in [2.45, 2.75) is 17.9 Å². The Bertz CT molecular complexity index is 930. The van der Waals surface area contributed by atoms with E-state index >= 15 is 0 Å². The number of halogens is 2. The number of hydrogen-bond donors (Lipinski definition) is 0. The van der Waals surface area contributed by atoms with E-state index in [-0.39, 0.29) is 27.4 Å². The molecule has 26 heavy (non-hydrogen) atoms. The van der Waals surface area contributed by atoms with Crippen LogP contribution in [0.2, 0.25) is 10.0 Å². The zero-order valence-corrected chi connectivity index (χ0v) is 17.2. The number of hydrogen-bond acceptors (Lipinski definition) is 3. The van der Waals surface area contributed by atoms with Gasteiger partial charge in [-0.25, -0.2) is 12.7 Å². The van der Waals surface area contributed by atoms with Gasteiger partial charge in [0, 0.05) is 31.7 Å². The van der Waals surface area contributed by atoms with Crippen LogP contribution in [0.15, 0.2) is 47.4 Å². The maximum atomic E-state index is 12.8. The van der Waals surface area contributed by atoms with Crippen molar-refractivity contribution in [3.8, 4) is 0 Å². The number of carbonyl (C=O) groups is 1. The van der Waals surface area contributed by atoms with E-state index in [1.165, 1.54) is 37.2 Å². The molecule has 0 N–H and O–H groups in total. The molecule has 0 spiro atoms. The van der Waals surface area contributed by atoms with Crippen LogP contribution in [0, 0.1) is 0 Å². The predicted octanol–water partition coefficient (Wildman–Crippen LogP) is 4.08. The Morgan fingerprint density at radius 3 is 2.27 bits per heavy atom. The molecule has 2 rings (SSSR count). The van der Waals surface area contributed by atoms with Crippen molar-refractivity contribution in [2.24, 2.45) is 0 Å². The number of rotatable bonds is 5. The van der Waals surface area contributed by atoms with Crippen molar-refractivity contribution < 1.29 is 13.2 Å². The van der Waals surface area contributed by atoms with Crippen molar-refractivity contribution >= 4 is 39.1 Å². The number of sulfonamides is 1. The zero-order valence-electron chi connectivity index (χ0n) is 14.9. The van der Waals surface area contributed by atoms with E-state index in [0.29, 0.717) is 5.02 Å². The Morgan fingerprint density at radius 2 is 1.69 bits per heavy atom. The first kappa shape index (κ1) is 20.7. The molecular weight excluding hydrogens is 395 g/mol. The highest BCUT2D eigenvalue weighted by Crippen LogP contribution is 2.27. The molecule has 0 aliphatic heterocycles. The first-order chi connectivity index (χ1) is 12.1. The maximum Gasteiger partial charge on any atom is 0.254 e. The number of amides is 1. The van der Waals surface area contributed by atoms with E-state index in [4.69, 9.17) is 23.2 Å². The van der Waals surface area contributed by atoms with Crippen LogP contribution in [-0.2, 0) is 10.0 Å². The molecule has 1 amide bonds. The van der Waals surface area contributed by atoms with Crippen LogP contribution in [0.1, 0.15) is 28.9 Å². The highest BCUT2D eigenvalue weighted by atomic mass is 35.5. The van der Waals surface area contributed by atoms with Crippen LogP contribution in [0.4, 0.5) is 0 Å². The summed E-state index contributed by atoms with van der Waals surface area (Å²) in [6.45, 7) is 1.87. The molecule has 140 valence electrons. The Kier molecular flexibility index (Phi) is 6.34. The lowest BCUT2D eigenvalue weighted by Crippen LogP contribution is -2.30. The summed E-state index contributed by atoms with van der Waals surface area (Å²) in [6.07, 6.45) is 0. The van der Waals surface area contributed by atoms with Crippen molar-refractivity contribution in [2.75, 3.05) is 21.1 Å². The molecule has 0 radical (unpaired) electrons. The fourth-order valence-corrected chi connectivity index (χ4v) is 3.99. The molecule has 0 bridgehead atoms. The molecular formula is C18H20Cl2N2O3S. The van der Waals surface area contributed by atoms with E-state index in [1.54, 1.807) is 19.2 Å². The molecule has 0 aliphatic carbocycles. The van der Waals surface area contributed by atoms with Gasteiger partial charge in [0.05, 0.1) is 11.1 Å². The smallest absolute Gasteiger partial charge is 0.254 e. The second-order valence-electron chi connectivity index (χ2n) is 6.08. The van der Waals surface area contributed by atoms with Crippen LogP contribution >= 0.6 is 23.2 Å². The molecule has 8 heteroatoms. The van der Waals surface area contributed by atoms with Crippen molar-refractivity contribution in [1.29, 1.82) is 0 Å². The Labute approximate surface area is 164 Å². The first-order valence-corrected chi connectivity index (χ1v) is 10.00. The summed E-state index contributed by atoms with van der Waals surface area (Å²) >= 11 is 12.1. The second kappa shape index (κ2) is 7.96. The standard InChI is InChI=1S/C18H20Cl2N2O3S/c1-12(13-6-5-7-15(19)10-13)22(4)18(23)14-8-9-16(20)17(11-14)26(24,25)21(2)3/h5-12H,1-4H3. The third-order valence-electron chi connectivity index (χ3n) is 4.17. The largest absolute Gasteiger partial charge is 0.335 e. The van der Waals surface area contributed by atoms with E-state index in [2.05, 4.69) is 0 Å². The molecule has 1 unspecified atom stereocenters. The van der Waals surface area contributed by atoms with E-state index < -0.39 is 10.0 Å². The molecule has 1 atom stereocenters. The molecule has 0 saturated heterocycles. The maximum absolute atomic E-state index is 12.8. The van der Waals surface area contributed by atoms with Crippen LogP contribution in [0.3, 0.4) is 0 Å². The van der Waals surface area contributed by atoms with Crippen molar-refractivity contribution in [1.82, 2.24) is 9.21 Å². The predicted molar refractivity (Wildman–Crippen MR) is 104 cm³/mol. The highest BCUT2D eigenvalue weighted by Gasteiger charge is 2.25. The monoisotopic (exact) mass is 414 g/mol. The van der Waals surface area contributed by atoms with Gasteiger partial charge in [-0.2, -0.15) is 0 Å². The lowest BCUT2D eigenvalue weighted by molar-refractivity contribution is 0.0742. The third-order valence-corrected chi connectivity index (χ3v) is 6.70. The zero-order chi connectivity index (χ0) is 19.6. The molecule has 2 aromatic rings. The number of carbonyl (C=O) groups excluding carboxylic acids is 1. The molecule has 0 fully saturated rings. The van der Waals surface area contributed by atoms with E-state index in [0.717, 1.165) is 9.87 Å². The van der Waals surface area contributed by atoms with Gasteiger partial charge in [-0.1, -0.05) is 35.3 Å². The average molecular weight is 415 g/mol. The van der Waals surface area contributed by atoms with Gasteiger partial charge >= 0.3 is 0 Å². The number of nitrogens with zero attached hydrogens (tertiary/aromatic N) is 2. The van der Waals surface area contributed by atoms with Gasteiger partial charge in [0.1, 0.15) is 4.90 Å². The van der Waals surface area contributed by atoms with Gasteiger partial charge in [-0.05, 0) is 42.8 Å². The number of benzene rings is 2. The molecule has 5 nitrogen and oxygen atoms in total. The normalized spacial score (nSPS) is 12.9. The molecule has 0 aliphatic rings. The summed E-state index contributed by atoms with van der Waals surface area (Å²) in [7, 11) is 0.722. The topological polar surface area (TPSA) is 57.7 Å². The van der Waals surface area contributed by atoms with E-state index in [1.807, 2.05) is 19.1 Å². The van der Waals surface area contributed by atoms with Crippen LogP contribution in [0.5, 0.6) is 0 Å². The van der Waals surface area contributed by atoms with Gasteiger partial charge in [-0.3, -0.25) is 4.79 Å². The van der Waals surface area contributed by atoms with Gasteiger partial charge in [0.15, 0.2) is 0 Å². The van der Waals surface area contributed by atoms with Gasteiger partial charge in [-0.15, -0.1) is 0 Å². The SMILES string of the molecule is CC(c1cccc(Cl)c1)N(C)C(=O)c1ccc(Cl)c(S(=O)(=O)N(C)C)c1. The average Bonchev–Trinajstić information content (AvgIpc) is 2.59. The van der Waals surface area contributed by atoms with Crippen molar-refractivity contribution in [3.63, 3.8) is 0 Å². The molecule has 0 aromatic heterocycles. The second-order valence-corrected chi connectivity index (χ2v) is 9.04. The minimum Gasteiger partial charge on any atom is -0.335 e. The fraction of sp³-hybridized carbons (Fsp3) is 0.278. The van der Waals surface area contributed by atoms with Gasteiger partial charge in [0.2, 0.25) is 10.0 Å². The summed E-state index contributed by atoms with van der Waals surface area (Å²) in [6, 6.07) is 11.2. The quantitative estimate of drug-likeness (QED) is 0.740. The van der Waals surface area contributed by atoms with Crippen LogP contribution in [-0.4, -0.2) is 44.7 Å². The fourth-order valence-electron chi connectivity index (χ4n) is 2.40. The molecule has 0 heterocycles. The summed E-state index contributed by atoms with van der Waals surface area (Å²) in [4.78, 5) is 14.3. The van der Waals surface area contributed by atoms with Gasteiger partial charge in [0.25, 0.3) is 5.91 Å². The van der Waals surface area contributed by atoms with Crippen LogP contribution in [0.25, 0.3) is 0 Å².